The number of hydrogen-bond donors (Lipinski definition) is 0. The van der Waals surface area contributed by atoms with E-state index in [1.54, 1.807) is 12.1 Å². The van der Waals surface area contributed by atoms with Gasteiger partial charge in [0.2, 0.25) is 0 Å². The number of nitro benzene ring substituents is 1. The Morgan fingerprint density at radius 3 is 2.25 bits per heavy atom. The molecule has 128 valence electrons. The van der Waals surface area contributed by atoms with Gasteiger partial charge >= 0.3 is 152 Å². The van der Waals surface area contributed by atoms with Gasteiger partial charge in [0.15, 0.2) is 0 Å². The second kappa shape index (κ2) is 7.64. The first-order valence-corrected chi connectivity index (χ1v) is 13.2. The molecular formula is C19H25NO2SeSi. The molecule has 0 unspecified atom stereocenters. The van der Waals surface area contributed by atoms with Gasteiger partial charge in [-0.15, -0.1) is 0 Å². The zero-order chi connectivity index (χ0) is 17.8. The minimum absolute atomic E-state index is 0.141. The van der Waals surface area contributed by atoms with Crippen molar-refractivity contribution in [1.82, 2.24) is 0 Å². The quantitative estimate of drug-likeness (QED) is 0.394. The molecule has 2 rings (SSSR count). The van der Waals surface area contributed by atoms with Crippen molar-refractivity contribution in [1.29, 1.82) is 0 Å². The molecule has 0 saturated carbocycles. The molecule has 2 aromatic carbocycles. The number of para-hydroxylation sites is 1. The van der Waals surface area contributed by atoms with Gasteiger partial charge in [0.05, 0.1) is 0 Å². The van der Waals surface area contributed by atoms with Crippen molar-refractivity contribution in [3.05, 3.63) is 64.7 Å². The topological polar surface area (TPSA) is 43.1 Å². The second-order valence-electron chi connectivity index (χ2n) is 7.20. The number of benzene rings is 2. The molecule has 2 aromatic rings. The van der Waals surface area contributed by atoms with Gasteiger partial charge in [0.1, 0.15) is 0 Å². The third-order valence-electron chi connectivity index (χ3n) is 5.23. The first-order chi connectivity index (χ1) is 11.3. The van der Waals surface area contributed by atoms with Crippen molar-refractivity contribution in [2.45, 2.75) is 43.7 Å². The van der Waals surface area contributed by atoms with Gasteiger partial charge < -0.3 is 0 Å². The van der Waals surface area contributed by atoms with E-state index in [-0.39, 0.29) is 30.6 Å². The van der Waals surface area contributed by atoms with Crippen LogP contribution in [0.5, 0.6) is 0 Å². The van der Waals surface area contributed by atoms with Crippen LogP contribution in [-0.4, -0.2) is 28.0 Å². The summed E-state index contributed by atoms with van der Waals surface area (Å²) in [6.07, 6.45) is 1.10. The molecular weight excluding hydrogens is 381 g/mol. The fourth-order valence-corrected chi connectivity index (χ4v) is 8.39. The summed E-state index contributed by atoms with van der Waals surface area (Å²) in [6, 6.07) is 18.0. The summed E-state index contributed by atoms with van der Waals surface area (Å²) in [5.41, 5.74) is 0.273. The van der Waals surface area contributed by atoms with Crippen molar-refractivity contribution in [3.63, 3.8) is 0 Å². The monoisotopic (exact) mass is 407 g/mol. The van der Waals surface area contributed by atoms with Crippen molar-refractivity contribution in [2.24, 2.45) is 0 Å². The van der Waals surface area contributed by atoms with Crippen LogP contribution in [0.1, 0.15) is 20.3 Å². The van der Waals surface area contributed by atoms with E-state index in [2.05, 4.69) is 57.3 Å². The average Bonchev–Trinajstić information content (AvgIpc) is 2.55. The summed E-state index contributed by atoms with van der Waals surface area (Å²) >= 11 is 0.141. The van der Waals surface area contributed by atoms with E-state index in [9.17, 15) is 10.1 Å². The Labute approximate surface area is 151 Å². The summed E-state index contributed by atoms with van der Waals surface area (Å²) in [4.78, 5) is 10.9. The van der Waals surface area contributed by atoms with Crippen LogP contribution < -0.4 is 9.65 Å². The van der Waals surface area contributed by atoms with Crippen LogP contribution in [0, 0.1) is 10.1 Å². The van der Waals surface area contributed by atoms with E-state index in [1.165, 1.54) is 5.19 Å². The number of hydrogen-bond acceptors (Lipinski definition) is 2. The molecule has 24 heavy (non-hydrogen) atoms. The number of rotatable bonds is 7. The summed E-state index contributed by atoms with van der Waals surface area (Å²) in [5, 5.41) is 13.9. The zero-order valence-electron chi connectivity index (χ0n) is 14.8. The van der Waals surface area contributed by atoms with Crippen LogP contribution in [0.4, 0.5) is 5.69 Å². The van der Waals surface area contributed by atoms with Crippen LogP contribution in [-0.2, 0) is 0 Å². The van der Waals surface area contributed by atoms with Gasteiger partial charge in [-0.25, -0.2) is 0 Å². The normalized spacial score (nSPS) is 12.2. The molecule has 0 aliphatic carbocycles. The minimum atomic E-state index is -1.60. The van der Waals surface area contributed by atoms with E-state index in [0.29, 0.717) is 0 Å². The van der Waals surface area contributed by atoms with Crippen LogP contribution in [0.3, 0.4) is 0 Å². The molecule has 0 aliphatic heterocycles. The molecule has 0 atom stereocenters. The molecule has 3 nitrogen and oxygen atoms in total. The fraction of sp³-hybridized carbons (Fsp3) is 0.368. The van der Waals surface area contributed by atoms with E-state index in [4.69, 9.17) is 0 Å². The second-order valence-corrected chi connectivity index (χ2v) is 14.8. The molecule has 0 heterocycles. The summed E-state index contributed by atoms with van der Waals surface area (Å²) < 4.78 is 0.907. The Morgan fingerprint density at radius 2 is 1.62 bits per heavy atom. The van der Waals surface area contributed by atoms with E-state index < -0.39 is 8.07 Å². The Balaban J connectivity index is 2.07. The van der Waals surface area contributed by atoms with Gasteiger partial charge in [-0.2, -0.15) is 0 Å². The Morgan fingerprint density at radius 1 is 1.04 bits per heavy atom. The van der Waals surface area contributed by atoms with E-state index in [1.807, 2.05) is 12.1 Å². The molecule has 0 spiro atoms. The Hall–Kier alpha value is -1.42. The van der Waals surface area contributed by atoms with Crippen molar-refractivity contribution >= 4 is 38.4 Å². The van der Waals surface area contributed by atoms with Crippen LogP contribution in [0.2, 0.25) is 23.5 Å². The summed E-state index contributed by atoms with van der Waals surface area (Å²) in [5.74, 6) is 0. The summed E-state index contributed by atoms with van der Waals surface area (Å²) in [6.45, 7) is 9.59. The van der Waals surface area contributed by atoms with E-state index >= 15 is 0 Å². The van der Waals surface area contributed by atoms with Gasteiger partial charge in [-0.3, -0.25) is 0 Å². The molecule has 0 aromatic heterocycles. The summed E-state index contributed by atoms with van der Waals surface area (Å²) in [7, 11) is -1.60. The van der Waals surface area contributed by atoms with Crippen LogP contribution in [0.25, 0.3) is 0 Å². The third kappa shape index (κ3) is 4.15. The molecule has 0 N–H and O–H groups in total. The van der Waals surface area contributed by atoms with Gasteiger partial charge in [0.25, 0.3) is 0 Å². The molecule has 0 saturated heterocycles. The standard InChI is InChI=1S/C19H25NO2SeSi/c1-19(2,24(3,4)16-10-6-5-7-11-16)14-15-23-18-13-9-8-12-17(18)20(21)22/h5-13H,14-15H2,1-4H3. The molecule has 0 aliphatic rings. The van der Waals surface area contributed by atoms with Gasteiger partial charge in [-0.05, 0) is 0 Å². The maximum absolute atomic E-state index is 11.1. The number of nitro groups is 1. The molecule has 0 bridgehead atoms. The third-order valence-corrected chi connectivity index (χ3v) is 12.9. The van der Waals surface area contributed by atoms with Crippen molar-refractivity contribution < 1.29 is 4.92 Å². The molecule has 0 fully saturated rings. The van der Waals surface area contributed by atoms with Crippen molar-refractivity contribution in [2.75, 3.05) is 0 Å². The fourth-order valence-electron chi connectivity index (χ4n) is 2.70. The number of nitrogens with zero attached hydrogens (tertiary/aromatic N) is 1. The predicted octanol–water partition coefficient (Wildman–Crippen LogP) is 4.13. The SMILES string of the molecule is CC(C)(CC[Se]c1ccccc1[N+](=O)[O-])[Si](C)(C)c1ccccc1. The van der Waals surface area contributed by atoms with Gasteiger partial charge in [0, 0.05) is 0 Å². The Kier molecular flexibility index (Phi) is 6.02. The first kappa shape index (κ1) is 18.9. The van der Waals surface area contributed by atoms with Crippen molar-refractivity contribution in [3.8, 4) is 0 Å². The average molecular weight is 406 g/mol. The molecule has 0 radical (unpaired) electrons. The van der Waals surface area contributed by atoms with E-state index in [0.717, 1.165) is 16.2 Å². The van der Waals surface area contributed by atoms with Crippen LogP contribution in [0.15, 0.2) is 54.6 Å². The first-order valence-electron chi connectivity index (χ1n) is 8.17. The predicted molar refractivity (Wildman–Crippen MR) is 106 cm³/mol. The molecule has 5 heteroatoms. The maximum atomic E-state index is 11.1. The Bertz CT molecular complexity index is 702. The van der Waals surface area contributed by atoms with Gasteiger partial charge in [-0.1, -0.05) is 0 Å². The zero-order valence-corrected chi connectivity index (χ0v) is 17.5. The molecule has 0 amide bonds. The van der Waals surface area contributed by atoms with Crippen LogP contribution >= 0.6 is 0 Å².